The van der Waals surface area contributed by atoms with Crippen LogP contribution in [0.1, 0.15) is 0 Å². The molecule has 0 aliphatic heterocycles. The van der Waals surface area contributed by atoms with E-state index < -0.39 is 11.7 Å². The molecule has 17 heavy (non-hydrogen) atoms. The van der Waals surface area contributed by atoms with E-state index in [9.17, 15) is 4.79 Å². The number of oxime groups is 1. The number of nitrogens with one attached hydrogen (secondary N) is 1. The monoisotopic (exact) mass is 275 g/mol. The van der Waals surface area contributed by atoms with Crippen LogP contribution in [0.5, 0.6) is 0 Å². The molecular weight excluding hydrogens is 269 g/mol. The van der Waals surface area contributed by atoms with Gasteiger partial charge in [0.15, 0.2) is 5.71 Å². The van der Waals surface area contributed by atoms with Crippen LogP contribution in [0.15, 0.2) is 28.5 Å². The fourth-order valence-electron chi connectivity index (χ4n) is 0.887. The van der Waals surface area contributed by atoms with Crippen molar-refractivity contribution < 1.29 is 15.1 Å². The van der Waals surface area contributed by atoms with Crippen LogP contribution >= 0.6 is 23.2 Å². The molecule has 0 fully saturated rings. The number of hydrazone groups is 1. The molecule has 1 aromatic rings. The summed E-state index contributed by atoms with van der Waals surface area (Å²) in [6, 6.07) is 4.57. The summed E-state index contributed by atoms with van der Waals surface area (Å²) >= 11 is 11.5. The first-order valence-electron chi connectivity index (χ1n) is 4.24. The molecule has 3 N–H and O–H groups in total. The van der Waals surface area contributed by atoms with Gasteiger partial charge in [-0.25, -0.2) is 4.79 Å². The maximum Gasteiger partial charge on any atom is 0.358 e. The lowest BCUT2D eigenvalue weighted by Gasteiger charge is -2.03. The van der Waals surface area contributed by atoms with E-state index >= 15 is 0 Å². The van der Waals surface area contributed by atoms with Gasteiger partial charge in [-0.3, -0.25) is 5.43 Å². The Kier molecular flexibility index (Phi) is 4.74. The molecule has 1 aromatic carbocycles. The highest BCUT2D eigenvalue weighted by Crippen LogP contribution is 2.25. The van der Waals surface area contributed by atoms with E-state index in [0.29, 0.717) is 16.9 Å². The quantitative estimate of drug-likeness (QED) is 0.446. The minimum Gasteiger partial charge on any atom is -0.476 e. The number of benzene rings is 1. The maximum atomic E-state index is 10.6. The summed E-state index contributed by atoms with van der Waals surface area (Å²) in [7, 11) is 0. The molecule has 1 rings (SSSR count). The van der Waals surface area contributed by atoms with E-state index in [1.807, 2.05) is 0 Å². The van der Waals surface area contributed by atoms with Gasteiger partial charge in [0, 0.05) is 5.02 Å². The summed E-state index contributed by atoms with van der Waals surface area (Å²) in [6.45, 7) is 0. The summed E-state index contributed by atoms with van der Waals surface area (Å²) in [5.74, 6) is -1.35. The zero-order valence-corrected chi connectivity index (χ0v) is 9.77. The lowest BCUT2D eigenvalue weighted by Crippen LogP contribution is -2.16. The maximum absolute atomic E-state index is 10.6. The Hall–Kier alpha value is -1.79. The van der Waals surface area contributed by atoms with Gasteiger partial charge in [-0.15, -0.1) is 0 Å². The van der Waals surface area contributed by atoms with Gasteiger partial charge in [-0.1, -0.05) is 28.4 Å². The van der Waals surface area contributed by atoms with Crippen LogP contribution < -0.4 is 5.43 Å². The third kappa shape index (κ3) is 3.93. The molecule has 0 unspecified atom stereocenters. The number of hydrogen-bond acceptors (Lipinski definition) is 5. The molecule has 8 heteroatoms. The number of carbonyl (C=O) groups is 1. The molecule has 6 nitrogen and oxygen atoms in total. The fourth-order valence-corrected chi connectivity index (χ4v) is 1.34. The molecule has 0 aromatic heterocycles. The Labute approximate surface area is 106 Å². The summed E-state index contributed by atoms with van der Waals surface area (Å²) in [5.41, 5.74) is 2.32. The molecule has 0 aliphatic carbocycles. The van der Waals surface area contributed by atoms with Crippen molar-refractivity contribution in [2.75, 3.05) is 5.43 Å². The molecule has 0 aliphatic rings. The number of nitrogens with zero attached hydrogens (tertiary/aromatic N) is 2. The van der Waals surface area contributed by atoms with E-state index in [1.54, 1.807) is 6.07 Å². The van der Waals surface area contributed by atoms with Crippen LogP contribution in [0.4, 0.5) is 5.69 Å². The largest absolute Gasteiger partial charge is 0.476 e. The second-order valence-electron chi connectivity index (χ2n) is 2.78. The molecule has 0 heterocycles. The van der Waals surface area contributed by atoms with Gasteiger partial charge in [0.2, 0.25) is 0 Å². The molecule has 0 bridgehead atoms. The first-order chi connectivity index (χ1) is 8.04. The van der Waals surface area contributed by atoms with Gasteiger partial charge in [0.25, 0.3) is 0 Å². The van der Waals surface area contributed by atoms with Gasteiger partial charge >= 0.3 is 5.97 Å². The molecule has 0 saturated heterocycles. The van der Waals surface area contributed by atoms with Crippen LogP contribution in [0.3, 0.4) is 0 Å². The van der Waals surface area contributed by atoms with Gasteiger partial charge in [-0.05, 0) is 18.2 Å². The highest BCUT2D eigenvalue weighted by Gasteiger charge is 2.07. The Morgan fingerprint density at radius 3 is 2.65 bits per heavy atom. The van der Waals surface area contributed by atoms with Crippen LogP contribution in [0, 0.1) is 0 Å². The van der Waals surface area contributed by atoms with Crippen molar-refractivity contribution in [3.63, 3.8) is 0 Å². The zero-order chi connectivity index (χ0) is 12.8. The Morgan fingerprint density at radius 2 is 2.12 bits per heavy atom. The van der Waals surface area contributed by atoms with Gasteiger partial charge in [0.05, 0.1) is 10.7 Å². The Balaban J connectivity index is 2.90. The standard InChI is InChI=1S/C9H7Cl2N3O3/c10-5-1-2-7(6(11)3-5)13-14-8(4-12-17)9(15)16/h1-4,13,17H,(H,15,16)/b12-4+,14-8+. The number of rotatable bonds is 4. The first kappa shape index (κ1) is 13.3. The van der Waals surface area contributed by atoms with Crippen molar-refractivity contribution in [2.45, 2.75) is 0 Å². The second kappa shape index (κ2) is 6.07. The number of halogens is 2. The van der Waals surface area contributed by atoms with Crippen LogP contribution in [0.25, 0.3) is 0 Å². The highest BCUT2D eigenvalue weighted by atomic mass is 35.5. The summed E-state index contributed by atoms with van der Waals surface area (Å²) in [6.07, 6.45) is 0.680. The predicted octanol–water partition coefficient (Wildman–Crippen LogP) is 2.31. The van der Waals surface area contributed by atoms with Crippen molar-refractivity contribution in [1.29, 1.82) is 0 Å². The molecule has 0 atom stereocenters. The van der Waals surface area contributed by atoms with Crippen molar-refractivity contribution in [3.8, 4) is 0 Å². The zero-order valence-electron chi connectivity index (χ0n) is 8.26. The van der Waals surface area contributed by atoms with E-state index in [4.69, 9.17) is 33.5 Å². The van der Waals surface area contributed by atoms with Crippen molar-refractivity contribution in [2.24, 2.45) is 10.3 Å². The van der Waals surface area contributed by atoms with E-state index in [2.05, 4.69) is 15.7 Å². The molecular formula is C9H7Cl2N3O3. The lowest BCUT2D eigenvalue weighted by atomic mass is 10.3. The smallest absolute Gasteiger partial charge is 0.358 e. The summed E-state index contributed by atoms with van der Waals surface area (Å²) in [4.78, 5) is 10.6. The van der Waals surface area contributed by atoms with E-state index in [0.717, 1.165) is 0 Å². The molecule has 90 valence electrons. The van der Waals surface area contributed by atoms with Crippen LogP contribution in [-0.4, -0.2) is 28.2 Å². The van der Waals surface area contributed by atoms with Gasteiger partial charge in [0.1, 0.15) is 6.21 Å². The minimum absolute atomic E-state index is 0.284. The van der Waals surface area contributed by atoms with Crippen molar-refractivity contribution >= 4 is 46.8 Å². The number of carboxylic acid groups (broad SMARTS) is 1. The van der Waals surface area contributed by atoms with Crippen molar-refractivity contribution in [1.82, 2.24) is 0 Å². The highest BCUT2D eigenvalue weighted by molar-refractivity contribution is 6.58. The summed E-state index contributed by atoms with van der Waals surface area (Å²) < 4.78 is 0. The third-order valence-electron chi connectivity index (χ3n) is 1.63. The number of anilines is 1. The molecule has 0 amide bonds. The second-order valence-corrected chi connectivity index (χ2v) is 3.63. The average Bonchev–Trinajstić information content (AvgIpc) is 2.25. The van der Waals surface area contributed by atoms with Gasteiger partial charge in [-0.2, -0.15) is 5.10 Å². The molecule has 0 spiro atoms. The number of hydrogen-bond donors (Lipinski definition) is 3. The number of carboxylic acids is 1. The van der Waals surface area contributed by atoms with Gasteiger partial charge < -0.3 is 10.3 Å². The van der Waals surface area contributed by atoms with Crippen LogP contribution in [-0.2, 0) is 4.79 Å². The van der Waals surface area contributed by atoms with E-state index in [1.165, 1.54) is 12.1 Å². The normalized spacial score (nSPS) is 11.8. The molecule has 0 saturated carbocycles. The SMILES string of the molecule is O=C(O)C(/C=N/O)=N/Nc1ccc(Cl)cc1Cl. The molecule has 0 radical (unpaired) electrons. The number of aliphatic carboxylic acids is 1. The minimum atomic E-state index is -1.35. The third-order valence-corrected chi connectivity index (χ3v) is 2.17. The van der Waals surface area contributed by atoms with Crippen LogP contribution in [0.2, 0.25) is 10.0 Å². The first-order valence-corrected chi connectivity index (χ1v) is 4.99. The Morgan fingerprint density at radius 1 is 1.41 bits per heavy atom. The lowest BCUT2D eigenvalue weighted by molar-refractivity contribution is -0.129. The fraction of sp³-hybridized carbons (Fsp3) is 0. The van der Waals surface area contributed by atoms with Crippen molar-refractivity contribution in [3.05, 3.63) is 28.2 Å². The average molecular weight is 276 g/mol. The predicted molar refractivity (Wildman–Crippen MR) is 65.4 cm³/mol. The summed E-state index contributed by atoms with van der Waals surface area (Å²) in [5, 5.41) is 23.7. The Bertz CT molecular complexity index is 488. The van der Waals surface area contributed by atoms with E-state index in [-0.39, 0.29) is 5.02 Å². The topological polar surface area (TPSA) is 94.3 Å².